The minimum atomic E-state index is -0.513. The first-order chi connectivity index (χ1) is 6.02. The van der Waals surface area contributed by atoms with Crippen LogP contribution in [0.15, 0.2) is 42.6 Å². The summed E-state index contributed by atoms with van der Waals surface area (Å²) in [5.41, 5.74) is 12.8. The van der Waals surface area contributed by atoms with E-state index < -0.39 is 5.54 Å². The quantitative estimate of drug-likeness (QED) is 0.731. The summed E-state index contributed by atoms with van der Waals surface area (Å²) >= 11 is 0. The van der Waals surface area contributed by atoms with Crippen molar-refractivity contribution in [2.24, 2.45) is 11.5 Å². The maximum Gasteiger partial charge on any atom is 0.0562 e. The lowest BCUT2D eigenvalue weighted by atomic mass is 9.91. The van der Waals surface area contributed by atoms with Crippen LogP contribution in [-0.4, -0.2) is 5.54 Å². The van der Waals surface area contributed by atoms with Crippen molar-refractivity contribution in [1.82, 2.24) is 0 Å². The van der Waals surface area contributed by atoms with E-state index >= 15 is 0 Å². The van der Waals surface area contributed by atoms with Crippen LogP contribution >= 0.6 is 0 Å². The molecule has 0 aliphatic carbocycles. The Hall–Kier alpha value is -1.28. The molecule has 0 aliphatic rings. The first-order valence-corrected chi connectivity index (χ1v) is 4.30. The second-order valence-electron chi connectivity index (χ2n) is 3.61. The first-order valence-electron chi connectivity index (χ1n) is 4.30. The highest BCUT2D eigenvalue weighted by atomic mass is 14.8. The van der Waals surface area contributed by atoms with Crippen LogP contribution in [0.3, 0.4) is 0 Å². The Kier molecular flexibility index (Phi) is 2.73. The van der Waals surface area contributed by atoms with Gasteiger partial charge in [-0.25, -0.2) is 0 Å². The molecule has 0 amide bonds. The fourth-order valence-electron chi connectivity index (χ4n) is 1.13. The van der Waals surface area contributed by atoms with Gasteiger partial charge in [-0.05, 0) is 18.9 Å². The van der Waals surface area contributed by atoms with Crippen LogP contribution in [0.4, 0.5) is 0 Å². The Morgan fingerprint density at radius 1 is 1.38 bits per heavy atom. The van der Waals surface area contributed by atoms with Gasteiger partial charge in [0.05, 0.1) is 5.54 Å². The van der Waals surface area contributed by atoms with E-state index in [9.17, 15) is 0 Å². The molecule has 0 aromatic heterocycles. The summed E-state index contributed by atoms with van der Waals surface area (Å²) in [5.74, 6) is 0. The molecule has 2 nitrogen and oxygen atoms in total. The van der Waals surface area contributed by atoms with Crippen molar-refractivity contribution in [2.75, 3.05) is 0 Å². The monoisotopic (exact) mass is 176 g/mol. The molecule has 1 rings (SSSR count). The topological polar surface area (TPSA) is 52.0 Å². The fraction of sp³-hybridized carbons (Fsp3) is 0.273. The zero-order valence-electron chi connectivity index (χ0n) is 7.96. The summed E-state index contributed by atoms with van der Waals surface area (Å²) in [7, 11) is 0. The minimum absolute atomic E-state index is 0.513. The highest BCUT2D eigenvalue weighted by molar-refractivity contribution is 5.22. The van der Waals surface area contributed by atoms with Crippen LogP contribution in [0.5, 0.6) is 0 Å². The Bertz CT molecular complexity index is 288. The normalized spacial score (nSPS) is 14.9. The smallest absolute Gasteiger partial charge is 0.0562 e. The summed E-state index contributed by atoms with van der Waals surface area (Å²) in [4.78, 5) is 0. The molecule has 13 heavy (non-hydrogen) atoms. The van der Waals surface area contributed by atoms with E-state index in [-0.39, 0.29) is 0 Å². The summed E-state index contributed by atoms with van der Waals surface area (Å²) in [6.07, 6.45) is 0.725. The lowest BCUT2D eigenvalue weighted by Gasteiger charge is -2.24. The van der Waals surface area contributed by atoms with Crippen molar-refractivity contribution < 1.29 is 0 Å². The van der Waals surface area contributed by atoms with E-state index in [1.807, 2.05) is 37.3 Å². The van der Waals surface area contributed by atoms with Gasteiger partial charge < -0.3 is 11.5 Å². The van der Waals surface area contributed by atoms with Gasteiger partial charge in [0, 0.05) is 5.70 Å². The van der Waals surface area contributed by atoms with Crippen molar-refractivity contribution in [2.45, 2.75) is 18.9 Å². The molecule has 1 aromatic carbocycles. The molecule has 0 saturated heterocycles. The predicted molar refractivity (Wildman–Crippen MR) is 56.1 cm³/mol. The number of hydrogen-bond donors (Lipinski definition) is 2. The maximum atomic E-state index is 5.97. The summed E-state index contributed by atoms with van der Waals surface area (Å²) in [6, 6.07) is 10.0. The molecule has 0 spiro atoms. The van der Waals surface area contributed by atoms with Gasteiger partial charge in [0.15, 0.2) is 0 Å². The minimum Gasteiger partial charge on any atom is -0.401 e. The SMILES string of the molecule is C=C(N)C(C)(N)Cc1ccccc1. The Morgan fingerprint density at radius 3 is 2.38 bits per heavy atom. The molecule has 70 valence electrons. The third-order valence-corrected chi connectivity index (χ3v) is 2.15. The van der Waals surface area contributed by atoms with Crippen molar-refractivity contribution in [3.05, 3.63) is 48.2 Å². The van der Waals surface area contributed by atoms with Crippen LogP contribution in [0.1, 0.15) is 12.5 Å². The Morgan fingerprint density at radius 2 is 1.92 bits per heavy atom. The Balaban J connectivity index is 2.75. The average Bonchev–Trinajstić information content (AvgIpc) is 2.05. The van der Waals surface area contributed by atoms with Crippen LogP contribution in [-0.2, 0) is 6.42 Å². The largest absolute Gasteiger partial charge is 0.401 e. The molecule has 0 aliphatic heterocycles. The van der Waals surface area contributed by atoms with E-state index in [1.54, 1.807) is 0 Å². The molecule has 0 heterocycles. The molecule has 1 aromatic rings. The van der Waals surface area contributed by atoms with E-state index in [2.05, 4.69) is 6.58 Å². The molecule has 1 unspecified atom stereocenters. The van der Waals surface area contributed by atoms with Crippen LogP contribution < -0.4 is 11.5 Å². The van der Waals surface area contributed by atoms with Crippen LogP contribution in [0, 0.1) is 0 Å². The highest BCUT2D eigenvalue weighted by Gasteiger charge is 2.20. The number of nitrogens with two attached hydrogens (primary N) is 2. The van der Waals surface area contributed by atoms with Crippen LogP contribution in [0.25, 0.3) is 0 Å². The fourth-order valence-corrected chi connectivity index (χ4v) is 1.13. The van der Waals surface area contributed by atoms with E-state index in [1.165, 1.54) is 5.56 Å². The van der Waals surface area contributed by atoms with Gasteiger partial charge in [-0.2, -0.15) is 0 Å². The molecule has 2 heteroatoms. The van der Waals surface area contributed by atoms with Crippen molar-refractivity contribution in [1.29, 1.82) is 0 Å². The molecule has 0 radical (unpaired) electrons. The lowest BCUT2D eigenvalue weighted by Crippen LogP contribution is -2.43. The van der Waals surface area contributed by atoms with Gasteiger partial charge in [0.1, 0.15) is 0 Å². The second kappa shape index (κ2) is 3.62. The van der Waals surface area contributed by atoms with Gasteiger partial charge in [0.25, 0.3) is 0 Å². The first kappa shape index (κ1) is 9.81. The van der Waals surface area contributed by atoms with Gasteiger partial charge in [-0.15, -0.1) is 0 Å². The van der Waals surface area contributed by atoms with Crippen molar-refractivity contribution >= 4 is 0 Å². The maximum absolute atomic E-state index is 5.97. The number of hydrogen-bond acceptors (Lipinski definition) is 2. The third-order valence-electron chi connectivity index (χ3n) is 2.15. The van der Waals surface area contributed by atoms with Gasteiger partial charge in [-0.1, -0.05) is 36.9 Å². The van der Waals surface area contributed by atoms with Crippen molar-refractivity contribution in [3.63, 3.8) is 0 Å². The highest BCUT2D eigenvalue weighted by Crippen LogP contribution is 2.14. The molecule has 1 atom stereocenters. The van der Waals surface area contributed by atoms with Crippen LogP contribution in [0.2, 0.25) is 0 Å². The van der Waals surface area contributed by atoms with E-state index in [0.29, 0.717) is 5.70 Å². The van der Waals surface area contributed by atoms with Gasteiger partial charge in [-0.3, -0.25) is 0 Å². The Labute approximate surface area is 79.2 Å². The molecule has 0 bridgehead atoms. The zero-order valence-corrected chi connectivity index (χ0v) is 7.96. The molecule has 4 N–H and O–H groups in total. The summed E-state index contributed by atoms with van der Waals surface area (Å²) in [5, 5.41) is 0. The molecular weight excluding hydrogens is 160 g/mol. The van der Waals surface area contributed by atoms with Gasteiger partial charge in [0.2, 0.25) is 0 Å². The van der Waals surface area contributed by atoms with E-state index in [4.69, 9.17) is 11.5 Å². The van der Waals surface area contributed by atoms with E-state index in [0.717, 1.165) is 6.42 Å². The lowest BCUT2D eigenvalue weighted by molar-refractivity contribution is 0.542. The number of benzene rings is 1. The molecule has 0 fully saturated rings. The predicted octanol–water partition coefficient (Wildman–Crippen LogP) is 1.42. The van der Waals surface area contributed by atoms with Crippen molar-refractivity contribution in [3.8, 4) is 0 Å². The zero-order chi connectivity index (χ0) is 9.90. The second-order valence-corrected chi connectivity index (χ2v) is 3.61. The summed E-state index contributed by atoms with van der Waals surface area (Å²) < 4.78 is 0. The van der Waals surface area contributed by atoms with Gasteiger partial charge >= 0.3 is 0 Å². The third kappa shape index (κ3) is 2.60. The summed E-state index contributed by atoms with van der Waals surface area (Å²) in [6.45, 7) is 5.57. The standard InChI is InChI=1S/C11H16N2/c1-9(12)11(2,13)8-10-6-4-3-5-7-10/h3-7H,1,8,12-13H2,2H3. The molecular formula is C11H16N2. The molecule has 0 saturated carbocycles. The average molecular weight is 176 g/mol. The number of rotatable bonds is 3.